The molecule has 3 N–H and O–H groups in total. The van der Waals surface area contributed by atoms with Crippen molar-refractivity contribution >= 4 is 29.7 Å². The molecule has 0 unspecified atom stereocenters. The van der Waals surface area contributed by atoms with Crippen molar-refractivity contribution in [2.24, 2.45) is 5.73 Å². The van der Waals surface area contributed by atoms with Crippen molar-refractivity contribution in [1.82, 2.24) is 5.32 Å². The molecule has 1 saturated carbocycles. The molecule has 4 nitrogen and oxygen atoms in total. The summed E-state index contributed by atoms with van der Waals surface area (Å²) in [6.45, 7) is 0.531. The van der Waals surface area contributed by atoms with Crippen LogP contribution in [0.15, 0.2) is 41.8 Å². The molecule has 3 rings (SSSR count). The number of amides is 1. The molecule has 0 spiro atoms. The molecule has 0 radical (unpaired) electrons. The topological polar surface area (TPSA) is 64.3 Å². The van der Waals surface area contributed by atoms with Crippen molar-refractivity contribution in [3.63, 3.8) is 0 Å². The lowest BCUT2D eigenvalue weighted by molar-refractivity contribution is 0.0925. The van der Waals surface area contributed by atoms with Crippen molar-refractivity contribution in [1.29, 1.82) is 0 Å². The van der Waals surface area contributed by atoms with Gasteiger partial charge < -0.3 is 15.8 Å². The molecule has 0 atom stereocenters. The van der Waals surface area contributed by atoms with Gasteiger partial charge in [-0.05, 0) is 55.3 Å². The Labute approximate surface area is 152 Å². The number of carbonyl (C=O) groups is 1. The lowest BCUT2D eigenvalue weighted by Crippen LogP contribution is -2.40. The molecule has 1 aromatic carbocycles. The van der Waals surface area contributed by atoms with E-state index in [0.29, 0.717) is 12.2 Å². The number of carbonyl (C=O) groups excluding carboxylic acids is 1. The van der Waals surface area contributed by atoms with Gasteiger partial charge in [-0.2, -0.15) is 0 Å². The van der Waals surface area contributed by atoms with Crippen LogP contribution in [-0.4, -0.2) is 18.0 Å². The first-order valence-electron chi connectivity index (χ1n) is 8.02. The molecule has 0 aliphatic heterocycles. The second kappa shape index (κ2) is 9.06. The minimum absolute atomic E-state index is 0. The van der Waals surface area contributed by atoms with Gasteiger partial charge in [0.25, 0.3) is 5.91 Å². The third kappa shape index (κ3) is 5.23. The van der Waals surface area contributed by atoms with E-state index in [-0.39, 0.29) is 30.4 Å². The Kier molecular flexibility index (Phi) is 7.09. The predicted molar refractivity (Wildman–Crippen MR) is 100 cm³/mol. The zero-order valence-electron chi connectivity index (χ0n) is 13.4. The number of nitrogens with one attached hydrogen (secondary N) is 1. The maximum absolute atomic E-state index is 12.4. The van der Waals surface area contributed by atoms with Crippen LogP contribution in [-0.2, 0) is 6.61 Å². The predicted octanol–water partition coefficient (Wildman–Crippen LogP) is 3.75. The average molecular weight is 367 g/mol. The van der Waals surface area contributed by atoms with Crippen molar-refractivity contribution in [2.75, 3.05) is 0 Å². The zero-order valence-corrected chi connectivity index (χ0v) is 15.1. The molecule has 1 aliphatic carbocycles. The molecule has 1 aliphatic rings. The van der Waals surface area contributed by atoms with Gasteiger partial charge in [0.2, 0.25) is 0 Å². The van der Waals surface area contributed by atoms with Crippen LogP contribution in [0.4, 0.5) is 0 Å². The summed E-state index contributed by atoms with van der Waals surface area (Å²) in [7, 11) is 0. The van der Waals surface area contributed by atoms with Crippen LogP contribution in [0.2, 0.25) is 0 Å². The fraction of sp³-hybridized carbons (Fsp3) is 0.389. The van der Waals surface area contributed by atoms with Crippen molar-refractivity contribution < 1.29 is 9.53 Å². The minimum Gasteiger partial charge on any atom is -0.488 e. The van der Waals surface area contributed by atoms with E-state index in [1.807, 2.05) is 35.7 Å². The number of nitrogens with two attached hydrogens (primary N) is 1. The number of hydrogen-bond acceptors (Lipinski definition) is 4. The van der Waals surface area contributed by atoms with Gasteiger partial charge in [-0.25, -0.2) is 0 Å². The van der Waals surface area contributed by atoms with Gasteiger partial charge in [0, 0.05) is 22.5 Å². The van der Waals surface area contributed by atoms with E-state index in [1.165, 1.54) is 4.88 Å². The van der Waals surface area contributed by atoms with Crippen LogP contribution in [0.5, 0.6) is 5.75 Å². The van der Waals surface area contributed by atoms with Gasteiger partial charge in [0.15, 0.2) is 0 Å². The highest BCUT2D eigenvalue weighted by Gasteiger charge is 2.20. The smallest absolute Gasteiger partial charge is 0.251 e. The minimum atomic E-state index is -0.0351. The number of ether oxygens (including phenoxy) is 1. The molecule has 1 heterocycles. The molecule has 130 valence electrons. The molecule has 1 fully saturated rings. The van der Waals surface area contributed by atoms with E-state index < -0.39 is 0 Å². The van der Waals surface area contributed by atoms with Gasteiger partial charge in [-0.3, -0.25) is 4.79 Å². The maximum atomic E-state index is 12.4. The largest absolute Gasteiger partial charge is 0.488 e. The summed E-state index contributed by atoms with van der Waals surface area (Å²) >= 11 is 1.66. The third-order valence-electron chi connectivity index (χ3n) is 4.16. The highest BCUT2D eigenvalue weighted by molar-refractivity contribution is 7.09. The first kappa shape index (κ1) is 18.8. The number of benzene rings is 1. The molecule has 1 aromatic heterocycles. The Bertz CT molecular complexity index is 640. The van der Waals surface area contributed by atoms with Crippen LogP contribution in [0.25, 0.3) is 0 Å². The first-order chi connectivity index (χ1) is 11.2. The molecule has 0 bridgehead atoms. The molecule has 2 aromatic rings. The Balaban J connectivity index is 0.00000208. The van der Waals surface area contributed by atoms with Gasteiger partial charge in [0.05, 0.1) is 0 Å². The lowest BCUT2D eigenvalue weighted by atomic mass is 9.91. The fourth-order valence-corrected chi connectivity index (χ4v) is 3.42. The van der Waals surface area contributed by atoms with Gasteiger partial charge in [-0.1, -0.05) is 12.1 Å². The second-order valence-electron chi connectivity index (χ2n) is 5.98. The average Bonchev–Trinajstić information content (AvgIpc) is 3.09. The number of hydrogen-bond donors (Lipinski definition) is 2. The van der Waals surface area contributed by atoms with Crippen LogP contribution in [0, 0.1) is 0 Å². The summed E-state index contributed by atoms with van der Waals surface area (Å²) in [5, 5.41) is 5.13. The number of thiophene rings is 1. The van der Waals surface area contributed by atoms with Crippen molar-refractivity contribution in [3.05, 3.63) is 52.2 Å². The fourth-order valence-electron chi connectivity index (χ4n) is 2.81. The van der Waals surface area contributed by atoms with E-state index in [2.05, 4.69) is 5.32 Å². The quantitative estimate of drug-likeness (QED) is 0.847. The van der Waals surface area contributed by atoms with Crippen LogP contribution in [0.3, 0.4) is 0 Å². The van der Waals surface area contributed by atoms with Crippen molar-refractivity contribution in [3.8, 4) is 5.75 Å². The molecular weight excluding hydrogens is 344 g/mol. The summed E-state index contributed by atoms with van der Waals surface area (Å²) in [6.07, 6.45) is 3.88. The Morgan fingerprint density at radius 3 is 2.71 bits per heavy atom. The maximum Gasteiger partial charge on any atom is 0.251 e. The zero-order chi connectivity index (χ0) is 16.1. The molecule has 24 heavy (non-hydrogen) atoms. The Hall–Kier alpha value is -1.56. The highest BCUT2D eigenvalue weighted by atomic mass is 35.5. The molecule has 6 heteroatoms. The lowest BCUT2D eigenvalue weighted by Gasteiger charge is -2.26. The van der Waals surface area contributed by atoms with Crippen molar-refractivity contribution in [2.45, 2.75) is 44.4 Å². The van der Waals surface area contributed by atoms with E-state index in [4.69, 9.17) is 10.5 Å². The van der Waals surface area contributed by atoms with Gasteiger partial charge in [-0.15, -0.1) is 23.7 Å². The molecule has 0 saturated heterocycles. The monoisotopic (exact) mass is 366 g/mol. The highest BCUT2D eigenvalue weighted by Crippen LogP contribution is 2.19. The second-order valence-corrected chi connectivity index (χ2v) is 7.01. The standard InChI is InChI=1S/C18H22N2O2S.ClH/c19-14-6-8-15(9-7-14)20-18(21)13-3-1-4-16(11-13)22-12-17-5-2-10-23-17;/h1-5,10-11,14-15H,6-9,12,19H2,(H,20,21);1H. The first-order valence-corrected chi connectivity index (χ1v) is 8.90. The van der Waals surface area contributed by atoms with Gasteiger partial charge in [0.1, 0.15) is 12.4 Å². The van der Waals surface area contributed by atoms with Crippen LogP contribution < -0.4 is 15.8 Å². The van der Waals surface area contributed by atoms with Gasteiger partial charge >= 0.3 is 0 Å². The van der Waals surface area contributed by atoms with E-state index in [1.54, 1.807) is 17.4 Å². The van der Waals surface area contributed by atoms with Crippen LogP contribution >= 0.6 is 23.7 Å². The summed E-state index contributed by atoms with van der Waals surface area (Å²) in [4.78, 5) is 13.5. The molecule has 1 amide bonds. The molecular formula is C18H23ClN2O2S. The SMILES string of the molecule is Cl.NC1CCC(NC(=O)c2cccc(OCc3cccs3)c2)CC1. The third-order valence-corrected chi connectivity index (χ3v) is 5.01. The van der Waals surface area contributed by atoms with E-state index >= 15 is 0 Å². The summed E-state index contributed by atoms with van der Waals surface area (Å²) < 4.78 is 5.76. The Morgan fingerprint density at radius 1 is 1.21 bits per heavy atom. The summed E-state index contributed by atoms with van der Waals surface area (Å²) in [5.74, 6) is 0.684. The summed E-state index contributed by atoms with van der Waals surface area (Å²) in [6, 6.07) is 11.9. The van der Waals surface area contributed by atoms with Crippen LogP contribution in [0.1, 0.15) is 40.9 Å². The number of halogens is 1. The normalized spacial score (nSPS) is 20.0. The van der Waals surface area contributed by atoms with E-state index in [0.717, 1.165) is 31.4 Å². The number of rotatable bonds is 5. The van der Waals surface area contributed by atoms with E-state index in [9.17, 15) is 4.79 Å². The Morgan fingerprint density at radius 2 is 2.00 bits per heavy atom. The summed E-state index contributed by atoms with van der Waals surface area (Å²) in [5.41, 5.74) is 6.55.